The van der Waals surface area contributed by atoms with E-state index < -0.39 is 10.1 Å². The van der Waals surface area contributed by atoms with E-state index in [1.54, 1.807) is 0 Å². The van der Waals surface area contributed by atoms with Crippen LogP contribution in [0.15, 0.2) is 48.5 Å². The molecule has 1 aliphatic heterocycles. The molecule has 0 bridgehead atoms. The van der Waals surface area contributed by atoms with Crippen LogP contribution in [0.25, 0.3) is 5.57 Å². The van der Waals surface area contributed by atoms with Crippen molar-refractivity contribution < 1.29 is 26.9 Å². The van der Waals surface area contributed by atoms with Crippen LogP contribution >= 0.6 is 0 Å². The summed E-state index contributed by atoms with van der Waals surface area (Å²) in [7, 11) is -2.12. The molecule has 1 heterocycles. The third-order valence-corrected chi connectivity index (χ3v) is 4.96. The second kappa shape index (κ2) is 8.58. The molecular formula is C21H22O6S. The molecule has 3 rings (SSSR count). The Hall–Kier alpha value is -2.64. The molecule has 0 saturated carbocycles. The fourth-order valence-electron chi connectivity index (χ4n) is 3.09. The van der Waals surface area contributed by atoms with Gasteiger partial charge in [0, 0.05) is 5.56 Å². The van der Waals surface area contributed by atoms with Crippen molar-refractivity contribution in [2.24, 2.45) is 0 Å². The normalized spacial score (nSPS) is 14.6. The molecule has 0 aliphatic carbocycles. The number of carbonyl (C=O) groups is 1. The molecule has 2 aromatic rings. The van der Waals surface area contributed by atoms with Crippen molar-refractivity contribution in [1.29, 1.82) is 0 Å². The number of esters is 1. The highest BCUT2D eigenvalue weighted by molar-refractivity contribution is 7.85. The standard InChI is InChI=1S/C21H22O6S/c1-25-21(22)13-15-9-10-20-19(12-15)18(8-5-11-27-28(2,23)24)17-7-4-3-6-16(17)14-26-20/h3-4,6-10,12H,5,11,13-14H2,1-2H3/b18-8-. The highest BCUT2D eigenvalue weighted by Gasteiger charge is 2.20. The van der Waals surface area contributed by atoms with E-state index in [0.717, 1.165) is 34.1 Å². The molecule has 7 heteroatoms. The Kier molecular flexibility index (Phi) is 6.16. The van der Waals surface area contributed by atoms with E-state index in [0.29, 0.717) is 18.8 Å². The lowest BCUT2D eigenvalue weighted by Gasteiger charge is -2.12. The van der Waals surface area contributed by atoms with Crippen molar-refractivity contribution in [1.82, 2.24) is 0 Å². The van der Waals surface area contributed by atoms with E-state index in [-0.39, 0.29) is 19.0 Å². The summed E-state index contributed by atoms with van der Waals surface area (Å²) < 4.78 is 38.0. The Morgan fingerprint density at radius 2 is 1.96 bits per heavy atom. The predicted molar refractivity (Wildman–Crippen MR) is 105 cm³/mol. The molecular weight excluding hydrogens is 380 g/mol. The zero-order valence-corrected chi connectivity index (χ0v) is 16.6. The first-order chi connectivity index (χ1) is 13.4. The van der Waals surface area contributed by atoms with E-state index in [9.17, 15) is 13.2 Å². The lowest BCUT2D eigenvalue weighted by molar-refractivity contribution is -0.139. The van der Waals surface area contributed by atoms with Gasteiger partial charge in [-0.2, -0.15) is 8.42 Å². The summed E-state index contributed by atoms with van der Waals surface area (Å²) in [6.45, 7) is 0.485. The maximum atomic E-state index is 11.7. The third-order valence-electron chi connectivity index (χ3n) is 4.36. The number of hydrogen-bond donors (Lipinski definition) is 0. The van der Waals surface area contributed by atoms with Gasteiger partial charge < -0.3 is 9.47 Å². The van der Waals surface area contributed by atoms with Gasteiger partial charge in [0.05, 0.1) is 26.4 Å². The Bertz CT molecular complexity index is 1010. The molecule has 0 atom stereocenters. The minimum absolute atomic E-state index is 0.0581. The fourth-order valence-corrected chi connectivity index (χ4v) is 3.49. The predicted octanol–water partition coefficient (Wildman–Crippen LogP) is 3.09. The molecule has 0 unspecified atom stereocenters. The van der Waals surface area contributed by atoms with Gasteiger partial charge in [0.25, 0.3) is 10.1 Å². The molecule has 0 radical (unpaired) electrons. The molecule has 1 aliphatic rings. The van der Waals surface area contributed by atoms with Crippen molar-refractivity contribution in [3.63, 3.8) is 0 Å². The minimum atomic E-state index is -3.48. The van der Waals surface area contributed by atoms with Crippen LogP contribution in [-0.4, -0.2) is 34.4 Å². The summed E-state index contributed by atoms with van der Waals surface area (Å²) >= 11 is 0. The van der Waals surface area contributed by atoms with E-state index in [1.807, 2.05) is 48.5 Å². The topological polar surface area (TPSA) is 78.9 Å². The van der Waals surface area contributed by atoms with Gasteiger partial charge in [0.2, 0.25) is 0 Å². The molecule has 0 N–H and O–H groups in total. The second-order valence-corrected chi connectivity index (χ2v) is 8.11. The van der Waals surface area contributed by atoms with Crippen LogP contribution in [0.5, 0.6) is 5.75 Å². The number of fused-ring (bicyclic) bond motifs is 2. The van der Waals surface area contributed by atoms with E-state index in [1.165, 1.54) is 7.11 Å². The van der Waals surface area contributed by atoms with Gasteiger partial charge in [-0.1, -0.05) is 36.4 Å². The van der Waals surface area contributed by atoms with Crippen LogP contribution in [0.4, 0.5) is 0 Å². The van der Waals surface area contributed by atoms with Crippen molar-refractivity contribution in [2.45, 2.75) is 19.4 Å². The van der Waals surface area contributed by atoms with Crippen LogP contribution in [0.2, 0.25) is 0 Å². The zero-order valence-electron chi connectivity index (χ0n) is 15.8. The first-order valence-corrected chi connectivity index (χ1v) is 10.6. The zero-order chi connectivity index (χ0) is 20.1. The Labute approximate surface area is 164 Å². The van der Waals surface area contributed by atoms with Gasteiger partial charge >= 0.3 is 5.97 Å². The average molecular weight is 402 g/mol. The Balaban J connectivity index is 2.00. The van der Waals surface area contributed by atoms with Gasteiger partial charge in [-0.05, 0) is 40.8 Å². The average Bonchev–Trinajstić information content (AvgIpc) is 2.81. The summed E-state index contributed by atoms with van der Waals surface area (Å²) in [6.07, 6.45) is 3.55. The van der Waals surface area contributed by atoms with Crippen LogP contribution in [0.3, 0.4) is 0 Å². The molecule has 6 nitrogen and oxygen atoms in total. The maximum absolute atomic E-state index is 11.7. The summed E-state index contributed by atoms with van der Waals surface area (Å²) in [5, 5.41) is 0. The van der Waals surface area contributed by atoms with Crippen LogP contribution in [-0.2, 0) is 36.9 Å². The van der Waals surface area contributed by atoms with Gasteiger partial charge in [0.1, 0.15) is 12.4 Å². The van der Waals surface area contributed by atoms with Crippen LogP contribution < -0.4 is 4.74 Å². The SMILES string of the molecule is COC(=O)Cc1ccc2c(c1)/C(=C\CCOS(C)(=O)=O)c1ccccc1CO2. The molecule has 0 amide bonds. The van der Waals surface area contributed by atoms with Gasteiger partial charge in [-0.3, -0.25) is 8.98 Å². The monoisotopic (exact) mass is 402 g/mol. The van der Waals surface area contributed by atoms with Crippen LogP contribution in [0.1, 0.15) is 28.7 Å². The van der Waals surface area contributed by atoms with Gasteiger partial charge in [0.15, 0.2) is 0 Å². The van der Waals surface area contributed by atoms with Crippen LogP contribution in [0, 0.1) is 0 Å². The van der Waals surface area contributed by atoms with E-state index in [4.69, 9.17) is 13.7 Å². The molecule has 0 saturated heterocycles. The summed E-state index contributed by atoms with van der Waals surface area (Å²) in [4.78, 5) is 11.7. The minimum Gasteiger partial charge on any atom is -0.488 e. The third kappa shape index (κ3) is 4.99. The number of ether oxygens (including phenoxy) is 2. The maximum Gasteiger partial charge on any atom is 0.309 e. The molecule has 28 heavy (non-hydrogen) atoms. The first-order valence-electron chi connectivity index (χ1n) is 8.83. The molecule has 0 fully saturated rings. The summed E-state index contributed by atoms with van der Waals surface area (Å²) in [6, 6.07) is 13.5. The number of rotatable bonds is 6. The lowest BCUT2D eigenvalue weighted by Crippen LogP contribution is -2.05. The van der Waals surface area contributed by atoms with Crippen molar-refractivity contribution in [3.8, 4) is 5.75 Å². The second-order valence-electron chi connectivity index (χ2n) is 6.46. The smallest absolute Gasteiger partial charge is 0.309 e. The van der Waals surface area contributed by atoms with Gasteiger partial charge in [-0.15, -0.1) is 0 Å². The molecule has 2 aromatic carbocycles. The summed E-state index contributed by atoms with van der Waals surface area (Å²) in [5.41, 5.74) is 4.63. The van der Waals surface area contributed by atoms with Gasteiger partial charge in [-0.25, -0.2) is 0 Å². The summed E-state index contributed by atoms with van der Waals surface area (Å²) in [5.74, 6) is 0.391. The fraction of sp³-hybridized carbons (Fsp3) is 0.286. The Morgan fingerprint density at radius 1 is 1.18 bits per heavy atom. The Morgan fingerprint density at radius 3 is 2.71 bits per heavy atom. The number of methoxy groups -OCH3 is 1. The quantitative estimate of drug-likeness (QED) is 0.420. The number of carbonyl (C=O) groups excluding carboxylic acids is 1. The van der Waals surface area contributed by atoms with E-state index in [2.05, 4.69) is 0 Å². The van der Waals surface area contributed by atoms with Crippen molar-refractivity contribution in [2.75, 3.05) is 20.0 Å². The van der Waals surface area contributed by atoms with Crippen molar-refractivity contribution in [3.05, 3.63) is 70.8 Å². The molecule has 148 valence electrons. The van der Waals surface area contributed by atoms with E-state index >= 15 is 0 Å². The highest BCUT2D eigenvalue weighted by atomic mass is 32.2. The largest absolute Gasteiger partial charge is 0.488 e. The first kappa shape index (κ1) is 20.1. The highest BCUT2D eigenvalue weighted by Crippen LogP contribution is 2.37. The molecule has 0 spiro atoms. The number of hydrogen-bond acceptors (Lipinski definition) is 6. The van der Waals surface area contributed by atoms with Crippen molar-refractivity contribution >= 4 is 21.7 Å². The molecule has 0 aromatic heterocycles. The lowest BCUT2D eigenvalue weighted by atomic mass is 9.92. The number of benzene rings is 2.